The summed E-state index contributed by atoms with van der Waals surface area (Å²) in [4.78, 5) is 0. The molecule has 1 aromatic heterocycles. The van der Waals surface area contributed by atoms with Crippen LogP contribution in [0.2, 0.25) is 0 Å². The average Bonchev–Trinajstić information content (AvgIpc) is 3.22. The Bertz CT molecular complexity index is 1310. The van der Waals surface area contributed by atoms with Crippen LogP contribution in [0.15, 0.2) is 77.3 Å². The van der Waals surface area contributed by atoms with Crippen molar-refractivity contribution >= 4 is 28.7 Å². The number of hydrogen-bond acceptors (Lipinski definition) is 3. The summed E-state index contributed by atoms with van der Waals surface area (Å²) in [6.45, 7) is 1.45. The summed E-state index contributed by atoms with van der Waals surface area (Å²) in [6.07, 6.45) is 6.32. The fraction of sp³-hybridized carbons (Fsp3) is 0.0769. The molecule has 0 saturated carbocycles. The molecule has 3 aromatic carbocycles. The van der Waals surface area contributed by atoms with E-state index in [0.717, 1.165) is 40.2 Å². The van der Waals surface area contributed by atoms with E-state index in [2.05, 4.69) is 66.0 Å². The van der Waals surface area contributed by atoms with Crippen molar-refractivity contribution in [3.05, 3.63) is 95.2 Å². The SMILES string of the molecule is C1=Cc2cc(-c3cc4cc(C5=Cc6ccccc6OC5)ccc4o3)ccc2CN1. The van der Waals surface area contributed by atoms with E-state index in [0.29, 0.717) is 6.61 Å². The first-order chi connectivity index (χ1) is 14.3. The molecule has 0 saturated heterocycles. The summed E-state index contributed by atoms with van der Waals surface area (Å²) in [7, 11) is 0. The molecule has 1 N–H and O–H groups in total. The summed E-state index contributed by atoms with van der Waals surface area (Å²) in [5, 5.41) is 4.35. The summed E-state index contributed by atoms with van der Waals surface area (Å²) >= 11 is 0. The van der Waals surface area contributed by atoms with Crippen LogP contribution in [0.1, 0.15) is 22.3 Å². The van der Waals surface area contributed by atoms with Crippen LogP contribution in [-0.4, -0.2) is 6.61 Å². The van der Waals surface area contributed by atoms with Crippen LogP contribution in [0, 0.1) is 0 Å². The summed E-state index contributed by atoms with van der Waals surface area (Å²) < 4.78 is 12.1. The van der Waals surface area contributed by atoms with Gasteiger partial charge < -0.3 is 14.5 Å². The Morgan fingerprint density at radius 3 is 2.76 bits per heavy atom. The molecule has 2 aliphatic heterocycles. The Kier molecular flexibility index (Phi) is 3.60. The van der Waals surface area contributed by atoms with E-state index in [-0.39, 0.29) is 0 Å². The van der Waals surface area contributed by atoms with Gasteiger partial charge >= 0.3 is 0 Å². The van der Waals surface area contributed by atoms with E-state index in [1.54, 1.807) is 0 Å². The maximum atomic E-state index is 6.15. The standard InChI is InChI=1S/C26H19NO2/c1-2-4-24-19(3-1)13-23(16-28-24)17-7-8-25-22(12-17)14-26(29-25)20-5-6-21-15-27-10-9-18(21)11-20/h1-14,27H,15-16H2. The highest BCUT2D eigenvalue weighted by Gasteiger charge is 2.15. The van der Waals surface area contributed by atoms with Crippen LogP contribution in [0.5, 0.6) is 5.75 Å². The molecule has 0 spiro atoms. The molecule has 140 valence electrons. The maximum Gasteiger partial charge on any atom is 0.135 e. The van der Waals surface area contributed by atoms with Crippen molar-refractivity contribution in [3.8, 4) is 17.1 Å². The number of rotatable bonds is 2. The first kappa shape index (κ1) is 16.3. The van der Waals surface area contributed by atoms with E-state index in [4.69, 9.17) is 9.15 Å². The highest BCUT2D eigenvalue weighted by Crippen LogP contribution is 2.34. The molecule has 0 radical (unpaired) electrons. The highest BCUT2D eigenvalue weighted by molar-refractivity contribution is 5.91. The number of ether oxygens (including phenoxy) is 1. The van der Waals surface area contributed by atoms with Gasteiger partial charge in [0.1, 0.15) is 23.7 Å². The predicted molar refractivity (Wildman–Crippen MR) is 117 cm³/mol. The molecule has 0 unspecified atom stereocenters. The minimum atomic E-state index is 0.582. The van der Waals surface area contributed by atoms with Gasteiger partial charge in [-0.05, 0) is 70.9 Å². The lowest BCUT2D eigenvalue weighted by atomic mass is 9.99. The zero-order chi connectivity index (χ0) is 19.2. The molecule has 0 bridgehead atoms. The fourth-order valence-electron chi connectivity index (χ4n) is 4.05. The quantitative estimate of drug-likeness (QED) is 0.458. The second kappa shape index (κ2) is 6.42. The third-order valence-electron chi connectivity index (χ3n) is 5.62. The van der Waals surface area contributed by atoms with E-state index in [1.807, 2.05) is 24.4 Å². The summed E-state index contributed by atoms with van der Waals surface area (Å²) in [6, 6.07) is 23.1. The molecule has 3 heteroatoms. The van der Waals surface area contributed by atoms with Gasteiger partial charge in [-0.1, -0.05) is 36.4 Å². The minimum Gasteiger partial charge on any atom is -0.488 e. The second-order valence-electron chi connectivity index (χ2n) is 7.49. The van der Waals surface area contributed by atoms with Gasteiger partial charge in [0.15, 0.2) is 0 Å². The number of fused-ring (bicyclic) bond motifs is 3. The van der Waals surface area contributed by atoms with Crippen molar-refractivity contribution in [2.45, 2.75) is 6.54 Å². The van der Waals surface area contributed by atoms with Crippen LogP contribution >= 0.6 is 0 Å². The average molecular weight is 377 g/mol. The van der Waals surface area contributed by atoms with Gasteiger partial charge in [0.25, 0.3) is 0 Å². The Morgan fingerprint density at radius 1 is 0.828 bits per heavy atom. The van der Waals surface area contributed by atoms with Crippen molar-refractivity contribution in [1.29, 1.82) is 0 Å². The van der Waals surface area contributed by atoms with Gasteiger partial charge in [-0.25, -0.2) is 0 Å². The Morgan fingerprint density at radius 2 is 1.76 bits per heavy atom. The van der Waals surface area contributed by atoms with Crippen LogP contribution in [0.3, 0.4) is 0 Å². The molecule has 0 fully saturated rings. The lowest BCUT2D eigenvalue weighted by Crippen LogP contribution is -2.09. The van der Waals surface area contributed by atoms with Gasteiger partial charge in [0.05, 0.1) is 0 Å². The van der Waals surface area contributed by atoms with E-state index >= 15 is 0 Å². The smallest absolute Gasteiger partial charge is 0.135 e. The van der Waals surface area contributed by atoms with Crippen LogP contribution in [0.25, 0.3) is 40.0 Å². The van der Waals surface area contributed by atoms with Crippen molar-refractivity contribution < 1.29 is 9.15 Å². The van der Waals surface area contributed by atoms with Crippen molar-refractivity contribution in [2.24, 2.45) is 0 Å². The molecule has 3 nitrogen and oxygen atoms in total. The van der Waals surface area contributed by atoms with Crippen molar-refractivity contribution in [3.63, 3.8) is 0 Å². The van der Waals surface area contributed by atoms with E-state index in [9.17, 15) is 0 Å². The largest absolute Gasteiger partial charge is 0.488 e. The molecule has 3 heterocycles. The monoisotopic (exact) mass is 377 g/mol. The molecule has 2 aliphatic rings. The lowest BCUT2D eigenvalue weighted by molar-refractivity contribution is 0.366. The normalized spacial score (nSPS) is 14.6. The summed E-state index contributed by atoms with van der Waals surface area (Å²) in [5.41, 5.74) is 8.01. The molecule has 0 atom stereocenters. The number of benzene rings is 3. The first-order valence-electron chi connectivity index (χ1n) is 9.83. The Balaban J connectivity index is 1.38. The third kappa shape index (κ3) is 2.83. The third-order valence-corrected chi connectivity index (χ3v) is 5.62. The van der Waals surface area contributed by atoms with Crippen LogP contribution in [0.4, 0.5) is 0 Å². The van der Waals surface area contributed by atoms with E-state index < -0.39 is 0 Å². The topological polar surface area (TPSA) is 34.4 Å². The van der Waals surface area contributed by atoms with Crippen LogP contribution in [-0.2, 0) is 6.54 Å². The minimum absolute atomic E-state index is 0.582. The van der Waals surface area contributed by atoms with Gasteiger partial charge in [0, 0.05) is 23.1 Å². The molecule has 6 rings (SSSR count). The fourth-order valence-corrected chi connectivity index (χ4v) is 4.05. The number of para-hydroxylation sites is 1. The van der Waals surface area contributed by atoms with E-state index in [1.165, 1.54) is 22.3 Å². The van der Waals surface area contributed by atoms with Crippen molar-refractivity contribution in [2.75, 3.05) is 6.61 Å². The first-order valence-corrected chi connectivity index (χ1v) is 9.83. The molecule has 4 aromatic rings. The molecular weight excluding hydrogens is 358 g/mol. The van der Waals surface area contributed by atoms with Gasteiger partial charge in [0.2, 0.25) is 0 Å². The van der Waals surface area contributed by atoms with Gasteiger partial charge in [-0.2, -0.15) is 0 Å². The maximum absolute atomic E-state index is 6.15. The summed E-state index contributed by atoms with van der Waals surface area (Å²) in [5.74, 6) is 1.84. The zero-order valence-electron chi connectivity index (χ0n) is 15.8. The van der Waals surface area contributed by atoms with Gasteiger partial charge in [-0.3, -0.25) is 0 Å². The number of hydrogen-bond donors (Lipinski definition) is 1. The van der Waals surface area contributed by atoms with Crippen LogP contribution < -0.4 is 10.1 Å². The molecule has 0 amide bonds. The Hall–Kier alpha value is -3.72. The zero-order valence-corrected chi connectivity index (χ0v) is 15.8. The predicted octanol–water partition coefficient (Wildman–Crippen LogP) is 6.11. The van der Waals surface area contributed by atoms with Crippen molar-refractivity contribution in [1.82, 2.24) is 5.32 Å². The molecular formula is C26H19NO2. The number of furan rings is 1. The number of nitrogens with one attached hydrogen (secondary N) is 1. The van der Waals surface area contributed by atoms with Gasteiger partial charge in [-0.15, -0.1) is 0 Å². The Labute approximate surface area is 168 Å². The second-order valence-corrected chi connectivity index (χ2v) is 7.49. The lowest BCUT2D eigenvalue weighted by Gasteiger charge is -2.18. The molecule has 0 aliphatic carbocycles. The highest BCUT2D eigenvalue weighted by atomic mass is 16.5. The molecule has 29 heavy (non-hydrogen) atoms.